The average Bonchev–Trinajstić information content (AvgIpc) is 2.65. The minimum Gasteiger partial charge on any atom is -0.453 e. The van der Waals surface area contributed by atoms with E-state index in [9.17, 15) is 18.8 Å². The highest BCUT2D eigenvalue weighted by molar-refractivity contribution is 6.20. The van der Waals surface area contributed by atoms with Gasteiger partial charge in [-0.25, -0.2) is 4.79 Å². The van der Waals surface area contributed by atoms with Crippen LogP contribution in [-0.4, -0.2) is 35.5 Å². The minimum atomic E-state index is -1.63. The summed E-state index contributed by atoms with van der Waals surface area (Å²) in [7, 11) is 0. The Balaban J connectivity index is 1.96. The molecule has 4 atom stereocenters. The molecule has 1 aliphatic carbocycles. The number of fused-ring (bicyclic) bond motifs is 1. The number of carbonyl (C=O) groups is 3. The van der Waals surface area contributed by atoms with Crippen molar-refractivity contribution in [2.45, 2.75) is 43.7 Å². The molecular weight excluding hydrogens is 277 g/mol. The summed E-state index contributed by atoms with van der Waals surface area (Å²) in [5.74, 6) is -2.73. The first-order valence-electron chi connectivity index (χ1n) is 7.30. The molecule has 0 aromatic carbocycles. The van der Waals surface area contributed by atoms with Crippen molar-refractivity contribution in [3.63, 3.8) is 0 Å². The number of Topliss-reactive ketones (excluding diaryl/α,β-unsaturated/α-hetero) is 1. The summed E-state index contributed by atoms with van der Waals surface area (Å²) in [4.78, 5) is 37.0. The Morgan fingerprint density at radius 1 is 1.52 bits per heavy atom. The van der Waals surface area contributed by atoms with Crippen molar-refractivity contribution >= 4 is 17.7 Å². The van der Waals surface area contributed by atoms with Gasteiger partial charge in [-0.1, -0.05) is 12.2 Å². The lowest BCUT2D eigenvalue weighted by atomic mass is 9.65. The van der Waals surface area contributed by atoms with Crippen LogP contribution in [0.5, 0.6) is 0 Å². The van der Waals surface area contributed by atoms with Crippen LogP contribution in [0.15, 0.2) is 12.2 Å². The molecule has 3 aliphatic rings. The summed E-state index contributed by atoms with van der Waals surface area (Å²) >= 11 is 0. The van der Waals surface area contributed by atoms with Gasteiger partial charge in [0.25, 0.3) is 0 Å². The van der Waals surface area contributed by atoms with E-state index in [2.05, 4.69) is 5.32 Å². The van der Waals surface area contributed by atoms with E-state index < -0.39 is 41.5 Å². The molecule has 3 rings (SSSR count). The van der Waals surface area contributed by atoms with Gasteiger partial charge in [0.1, 0.15) is 0 Å². The predicted octanol–water partition coefficient (Wildman–Crippen LogP) is 1.07. The van der Waals surface area contributed by atoms with Crippen molar-refractivity contribution in [1.29, 1.82) is 0 Å². The van der Waals surface area contributed by atoms with E-state index in [1.54, 1.807) is 13.0 Å². The Morgan fingerprint density at radius 3 is 2.86 bits per heavy atom. The van der Waals surface area contributed by atoms with Crippen LogP contribution in [0.2, 0.25) is 0 Å². The molecule has 2 aliphatic heterocycles. The number of allylic oxidation sites excluding steroid dienone is 2. The number of nitrogens with one attached hydrogen (secondary N) is 1. The molecular formula is C15H18FNO4. The SMILES string of the molecule is CC12OC(=O)C1(C(=O)C1C=CCCC1)NC(=O)C2CCF. The first kappa shape index (κ1) is 14.2. The van der Waals surface area contributed by atoms with Crippen LogP contribution in [0, 0.1) is 11.8 Å². The van der Waals surface area contributed by atoms with Crippen LogP contribution in [0.25, 0.3) is 0 Å². The lowest BCUT2D eigenvalue weighted by molar-refractivity contribution is -0.219. The van der Waals surface area contributed by atoms with E-state index in [1.165, 1.54) is 0 Å². The quantitative estimate of drug-likeness (QED) is 0.478. The number of halogens is 1. The third-order valence-electron chi connectivity index (χ3n) is 5.01. The summed E-state index contributed by atoms with van der Waals surface area (Å²) in [6.45, 7) is 0.857. The zero-order chi connectivity index (χ0) is 15.3. The predicted molar refractivity (Wildman–Crippen MR) is 70.9 cm³/mol. The van der Waals surface area contributed by atoms with Crippen molar-refractivity contribution < 1.29 is 23.5 Å². The Kier molecular flexibility index (Phi) is 3.15. The monoisotopic (exact) mass is 295 g/mol. The Hall–Kier alpha value is -1.72. The molecule has 1 N–H and O–H groups in total. The topological polar surface area (TPSA) is 72.5 Å². The Labute approximate surface area is 121 Å². The van der Waals surface area contributed by atoms with Crippen LogP contribution in [-0.2, 0) is 19.1 Å². The molecule has 0 aromatic rings. The lowest BCUT2D eigenvalue weighted by Crippen LogP contribution is -2.78. The number of hydrogen-bond acceptors (Lipinski definition) is 4. The van der Waals surface area contributed by atoms with Gasteiger partial charge in [-0.3, -0.25) is 14.0 Å². The molecule has 0 aromatic heterocycles. The van der Waals surface area contributed by atoms with E-state index in [0.29, 0.717) is 6.42 Å². The summed E-state index contributed by atoms with van der Waals surface area (Å²) in [6.07, 6.45) is 6.10. The minimum absolute atomic E-state index is 0.0504. The van der Waals surface area contributed by atoms with Gasteiger partial charge in [0.15, 0.2) is 11.4 Å². The number of amides is 1. The van der Waals surface area contributed by atoms with E-state index in [0.717, 1.165) is 12.8 Å². The number of hydrogen-bond donors (Lipinski definition) is 1. The second-order valence-corrected chi connectivity index (χ2v) is 6.10. The highest BCUT2D eigenvalue weighted by Gasteiger charge is 2.79. The molecule has 4 unspecified atom stereocenters. The van der Waals surface area contributed by atoms with E-state index in [4.69, 9.17) is 4.74 Å². The third kappa shape index (κ3) is 1.64. The lowest BCUT2D eigenvalue weighted by Gasteiger charge is -2.50. The van der Waals surface area contributed by atoms with Crippen LogP contribution in [0.1, 0.15) is 32.6 Å². The zero-order valence-corrected chi connectivity index (χ0v) is 11.9. The summed E-state index contributed by atoms with van der Waals surface area (Å²) in [6, 6.07) is 0. The van der Waals surface area contributed by atoms with E-state index in [-0.39, 0.29) is 12.2 Å². The molecule has 21 heavy (non-hydrogen) atoms. The third-order valence-corrected chi connectivity index (χ3v) is 5.01. The maximum absolute atomic E-state index is 12.8. The standard InChI is InChI=1S/C15H18FNO4/c1-14-10(7-8-16)12(19)17-15(14,13(20)21-14)11(18)9-5-3-2-4-6-9/h3,5,9-10H,2,4,6-8H2,1H3,(H,17,19). The Morgan fingerprint density at radius 2 is 2.29 bits per heavy atom. The summed E-state index contributed by atoms with van der Waals surface area (Å²) in [5, 5.41) is 2.53. The molecule has 5 nitrogen and oxygen atoms in total. The average molecular weight is 295 g/mol. The highest BCUT2D eigenvalue weighted by atomic mass is 19.1. The van der Waals surface area contributed by atoms with Gasteiger partial charge in [0.2, 0.25) is 11.4 Å². The fraction of sp³-hybridized carbons (Fsp3) is 0.667. The second-order valence-electron chi connectivity index (χ2n) is 6.10. The van der Waals surface area contributed by atoms with Crippen LogP contribution in [0.3, 0.4) is 0 Å². The van der Waals surface area contributed by atoms with Crippen molar-refractivity contribution in [2.24, 2.45) is 11.8 Å². The summed E-state index contributed by atoms with van der Waals surface area (Å²) in [5.41, 5.74) is -2.90. The molecule has 6 heteroatoms. The van der Waals surface area contributed by atoms with Gasteiger partial charge in [-0.15, -0.1) is 0 Å². The number of ketones is 1. The maximum atomic E-state index is 12.8. The van der Waals surface area contributed by atoms with Crippen molar-refractivity contribution in [3.05, 3.63) is 12.2 Å². The normalized spacial score (nSPS) is 41.0. The van der Waals surface area contributed by atoms with Crippen LogP contribution in [0.4, 0.5) is 4.39 Å². The molecule has 0 saturated carbocycles. The molecule has 0 spiro atoms. The van der Waals surface area contributed by atoms with E-state index >= 15 is 0 Å². The summed E-state index contributed by atoms with van der Waals surface area (Å²) < 4.78 is 17.8. The van der Waals surface area contributed by atoms with Gasteiger partial charge in [-0.05, 0) is 32.6 Å². The van der Waals surface area contributed by atoms with Gasteiger partial charge in [0.05, 0.1) is 12.6 Å². The fourth-order valence-electron chi connectivity index (χ4n) is 3.76. The van der Waals surface area contributed by atoms with E-state index in [1.807, 2.05) is 6.08 Å². The highest BCUT2D eigenvalue weighted by Crippen LogP contribution is 2.51. The van der Waals surface area contributed by atoms with Crippen molar-refractivity contribution in [1.82, 2.24) is 5.32 Å². The molecule has 114 valence electrons. The molecule has 2 saturated heterocycles. The van der Waals surface area contributed by atoms with Crippen molar-refractivity contribution in [2.75, 3.05) is 6.67 Å². The first-order chi connectivity index (χ1) is 9.97. The number of alkyl halides is 1. The van der Waals surface area contributed by atoms with Gasteiger partial charge < -0.3 is 10.1 Å². The molecule has 0 bridgehead atoms. The largest absolute Gasteiger partial charge is 0.453 e. The van der Waals surface area contributed by atoms with Crippen LogP contribution < -0.4 is 5.32 Å². The van der Waals surface area contributed by atoms with Gasteiger partial charge >= 0.3 is 5.97 Å². The molecule has 0 radical (unpaired) electrons. The molecule has 2 heterocycles. The van der Waals surface area contributed by atoms with Crippen LogP contribution >= 0.6 is 0 Å². The molecule has 2 fully saturated rings. The number of carbonyl (C=O) groups excluding carboxylic acids is 3. The maximum Gasteiger partial charge on any atom is 0.344 e. The van der Waals surface area contributed by atoms with Gasteiger partial charge in [-0.2, -0.15) is 0 Å². The first-order valence-corrected chi connectivity index (χ1v) is 7.30. The smallest absolute Gasteiger partial charge is 0.344 e. The molecule has 1 amide bonds. The number of rotatable bonds is 4. The zero-order valence-electron chi connectivity index (χ0n) is 11.9. The Bertz CT molecular complexity index is 546. The number of ether oxygens (including phenoxy) is 1. The van der Waals surface area contributed by atoms with Crippen molar-refractivity contribution in [3.8, 4) is 0 Å². The van der Waals surface area contributed by atoms with Gasteiger partial charge in [0, 0.05) is 5.92 Å². The number of esters is 1. The second kappa shape index (κ2) is 4.64. The fourth-order valence-corrected chi connectivity index (χ4v) is 3.76.